The van der Waals surface area contributed by atoms with E-state index in [1.165, 1.54) is 18.2 Å². The predicted octanol–water partition coefficient (Wildman–Crippen LogP) is 3.45. The highest BCUT2D eigenvalue weighted by molar-refractivity contribution is 6.00. The van der Waals surface area contributed by atoms with Crippen LogP contribution in [0.2, 0.25) is 0 Å². The molecule has 2 aromatic rings. The van der Waals surface area contributed by atoms with Crippen molar-refractivity contribution in [2.45, 2.75) is 37.7 Å². The zero-order valence-electron chi connectivity index (χ0n) is 16.9. The molecule has 0 aliphatic carbocycles. The Bertz CT molecular complexity index is 831. The van der Waals surface area contributed by atoms with E-state index in [0.717, 1.165) is 30.9 Å². The highest BCUT2D eigenvalue weighted by Crippen LogP contribution is 2.27. The molecule has 2 aromatic carbocycles. The minimum absolute atomic E-state index is 0.0597. The van der Waals surface area contributed by atoms with Crippen LogP contribution in [-0.2, 0) is 6.42 Å². The zero-order chi connectivity index (χ0) is 20.9. The maximum absolute atomic E-state index is 13.1. The molecule has 6 heteroatoms. The summed E-state index contributed by atoms with van der Waals surface area (Å²) in [6.07, 6.45) is 3.14. The molecule has 0 amide bonds. The van der Waals surface area contributed by atoms with E-state index in [-0.39, 0.29) is 11.5 Å². The number of nitrogens with zero attached hydrogens (tertiary/aromatic N) is 1. The van der Waals surface area contributed by atoms with Gasteiger partial charge in [0.05, 0.1) is 12.7 Å². The van der Waals surface area contributed by atoms with Gasteiger partial charge in [-0.2, -0.15) is 0 Å². The third-order valence-corrected chi connectivity index (χ3v) is 5.67. The number of nitrogens with two attached hydrogens (primary N) is 1. The van der Waals surface area contributed by atoms with Crippen LogP contribution < -0.4 is 10.5 Å². The normalized spacial score (nSPS) is 16.5. The molecule has 0 aromatic heterocycles. The molecular formula is C23H29FN2O3. The summed E-state index contributed by atoms with van der Waals surface area (Å²) in [6, 6.07) is 11.7. The third kappa shape index (κ3) is 5.78. The maximum atomic E-state index is 13.1. The van der Waals surface area contributed by atoms with Crippen molar-refractivity contribution >= 4 is 11.5 Å². The number of aliphatic hydroxyl groups is 1. The summed E-state index contributed by atoms with van der Waals surface area (Å²) in [4.78, 5) is 14.6. The fourth-order valence-electron chi connectivity index (χ4n) is 3.88. The number of nitrogen functional groups attached to an aromatic ring is 1. The Labute approximate surface area is 171 Å². The molecule has 1 heterocycles. The second kappa shape index (κ2) is 9.37. The molecule has 156 valence electrons. The summed E-state index contributed by atoms with van der Waals surface area (Å²) in [5.74, 6) is 0.317. The largest absolute Gasteiger partial charge is 0.497 e. The summed E-state index contributed by atoms with van der Waals surface area (Å²) >= 11 is 0. The minimum Gasteiger partial charge on any atom is -0.497 e. The number of carbonyl (C=O) groups excluding carboxylic acids is 1. The van der Waals surface area contributed by atoms with E-state index < -0.39 is 11.4 Å². The van der Waals surface area contributed by atoms with Crippen LogP contribution in [0, 0.1) is 5.82 Å². The van der Waals surface area contributed by atoms with Crippen molar-refractivity contribution in [3.05, 3.63) is 59.4 Å². The predicted molar refractivity (Wildman–Crippen MR) is 112 cm³/mol. The number of carbonyl (C=O) groups is 1. The molecule has 3 rings (SSSR count). The zero-order valence-corrected chi connectivity index (χ0v) is 16.9. The fraction of sp³-hybridized carbons (Fsp3) is 0.435. The Hall–Kier alpha value is -2.44. The lowest BCUT2D eigenvalue weighted by molar-refractivity contribution is -0.0207. The van der Waals surface area contributed by atoms with Gasteiger partial charge in [-0.3, -0.25) is 4.79 Å². The van der Waals surface area contributed by atoms with Gasteiger partial charge < -0.3 is 20.5 Å². The second-order valence-electron chi connectivity index (χ2n) is 7.85. The Morgan fingerprint density at radius 1 is 1.21 bits per heavy atom. The van der Waals surface area contributed by atoms with Gasteiger partial charge >= 0.3 is 0 Å². The van der Waals surface area contributed by atoms with Crippen molar-refractivity contribution in [1.29, 1.82) is 0 Å². The molecule has 0 saturated carbocycles. The first-order valence-electron chi connectivity index (χ1n) is 10.0. The van der Waals surface area contributed by atoms with Gasteiger partial charge in [0.1, 0.15) is 11.6 Å². The summed E-state index contributed by atoms with van der Waals surface area (Å²) in [7, 11) is 1.64. The van der Waals surface area contributed by atoms with Crippen LogP contribution >= 0.6 is 0 Å². The first-order valence-corrected chi connectivity index (χ1v) is 10.0. The van der Waals surface area contributed by atoms with Crippen molar-refractivity contribution in [3.63, 3.8) is 0 Å². The van der Waals surface area contributed by atoms with Crippen molar-refractivity contribution in [1.82, 2.24) is 4.90 Å². The molecule has 29 heavy (non-hydrogen) atoms. The van der Waals surface area contributed by atoms with Crippen LogP contribution in [-0.4, -0.2) is 48.1 Å². The molecule has 0 radical (unpaired) electrons. The monoisotopic (exact) mass is 400 g/mol. The number of piperidine rings is 1. The maximum Gasteiger partial charge on any atom is 0.164 e. The second-order valence-corrected chi connectivity index (χ2v) is 7.85. The number of ketones is 1. The Morgan fingerprint density at radius 3 is 2.52 bits per heavy atom. The number of likely N-dealkylation sites (tertiary alicyclic amines) is 1. The molecule has 0 unspecified atom stereocenters. The summed E-state index contributed by atoms with van der Waals surface area (Å²) < 4.78 is 18.3. The fourth-order valence-corrected chi connectivity index (χ4v) is 3.88. The highest BCUT2D eigenvalue weighted by Gasteiger charge is 2.32. The number of methoxy groups -OCH3 is 1. The van der Waals surface area contributed by atoms with Gasteiger partial charge in [-0.25, -0.2) is 4.39 Å². The quantitative estimate of drug-likeness (QED) is 0.524. The number of Topliss-reactive ketones (excluding diaryl/α,β-unsaturated/α-hetero) is 1. The van der Waals surface area contributed by atoms with Gasteiger partial charge in [-0.15, -0.1) is 0 Å². The molecule has 1 aliphatic heterocycles. The first-order chi connectivity index (χ1) is 13.9. The van der Waals surface area contributed by atoms with Gasteiger partial charge in [-0.05, 0) is 61.7 Å². The molecule has 1 aliphatic rings. The lowest BCUT2D eigenvalue weighted by Crippen LogP contribution is -2.45. The molecule has 3 N–H and O–H groups in total. The number of rotatable bonds is 8. The van der Waals surface area contributed by atoms with Gasteiger partial charge in [0.25, 0.3) is 0 Å². The summed E-state index contributed by atoms with van der Waals surface area (Å²) in [6.45, 7) is 2.41. The van der Waals surface area contributed by atoms with Crippen molar-refractivity contribution in [2.75, 3.05) is 32.5 Å². The van der Waals surface area contributed by atoms with Gasteiger partial charge in [0.15, 0.2) is 5.78 Å². The molecular weight excluding hydrogens is 371 g/mol. The molecule has 1 fully saturated rings. The SMILES string of the molecule is COc1ccc(CC2(O)CCN(CCCC(=O)c3ccc(F)cc3N)CC2)cc1. The lowest BCUT2D eigenvalue weighted by atomic mass is 9.85. The number of benzene rings is 2. The van der Waals surface area contributed by atoms with Crippen molar-refractivity contribution in [2.24, 2.45) is 0 Å². The van der Waals surface area contributed by atoms with E-state index >= 15 is 0 Å². The average Bonchev–Trinajstić information content (AvgIpc) is 2.70. The third-order valence-electron chi connectivity index (χ3n) is 5.67. The Balaban J connectivity index is 1.42. The number of ether oxygens (including phenoxy) is 1. The van der Waals surface area contributed by atoms with Crippen molar-refractivity contribution in [3.8, 4) is 5.75 Å². The van der Waals surface area contributed by atoms with Gasteiger partial charge in [0.2, 0.25) is 0 Å². The van der Waals surface area contributed by atoms with E-state index in [1.54, 1.807) is 7.11 Å². The summed E-state index contributed by atoms with van der Waals surface area (Å²) in [5, 5.41) is 10.9. The number of hydrogen-bond acceptors (Lipinski definition) is 5. The van der Waals surface area contributed by atoms with E-state index in [1.807, 2.05) is 24.3 Å². The van der Waals surface area contributed by atoms with Crippen molar-refractivity contribution < 1.29 is 19.0 Å². The molecule has 0 spiro atoms. The lowest BCUT2D eigenvalue weighted by Gasteiger charge is -2.38. The van der Waals surface area contributed by atoms with Crippen LogP contribution in [0.3, 0.4) is 0 Å². The van der Waals surface area contributed by atoms with Gasteiger partial charge in [0, 0.05) is 37.2 Å². The summed E-state index contributed by atoms with van der Waals surface area (Å²) in [5.41, 5.74) is 6.73. The van der Waals surface area contributed by atoms with E-state index in [2.05, 4.69) is 4.90 Å². The first kappa shape index (κ1) is 21.3. The molecule has 1 saturated heterocycles. The number of anilines is 1. The highest BCUT2D eigenvalue weighted by atomic mass is 19.1. The van der Waals surface area contributed by atoms with E-state index in [9.17, 15) is 14.3 Å². The molecule has 0 atom stereocenters. The topological polar surface area (TPSA) is 75.8 Å². The van der Waals surface area contributed by atoms with Crippen LogP contribution in [0.25, 0.3) is 0 Å². The van der Waals surface area contributed by atoms with Crippen LogP contribution in [0.15, 0.2) is 42.5 Å². The smallest absolute Gasteiger partial charge is 0.164 e. The van der Waals surface area contributed by atoms with E-state index in [4.69, 9.17) is 10.5 Å². The molecule has 0 bridgehead atoms. The number of hydrogen-bond donors (Lipinski definition) is 2. The van der Waals surface area contributed by atoms with Crippen LogP contribution in [0.4, 0.5) is 10.1 Å². The number of halogens is 1. The van der Waals surface area contributed by atoms with Crippen LogP contribution in [0.1, 0.15) is 41.6 Å². The standard InChI is InChI=1S/C23H29FN2O3/c1-29-19-7-4-17(5-8-19)16-23(28)10-13-26(14-11-23)12-2-3-22(27)20-9-6-18(24)15-21(20)25/h4-9,15,28H,2-3,10-14,16,25H2,1H3. The Kier molecular flexibility index (Phi) is 6.87. The Morgan fingerprint density at radius 2 is 1.90 bits per heavy atom. The average molecular weight is 400 g/mol. The van der Waals surface area contributed by atoms with Gasteiger partial charge in [-0.1, -0.05) is 12.1 Å². The van der Waals surface area contributed by atoms with E-state index in [0.29, 0.717) is 37.7 Å². The molecule has 5 nitrogen and oxygen atoms in total. The van der Waals surface area contributed by atoms with Crippen LogP contribution in [0.5, 0.6) is 5.75 Å². The minimum atomic E-state index is -0.691.